The van der Waals surface area contributed by atoms with Gasteiger partial charge in [-0.05, 0) is 62.2 Å². The number of nitrogens with zero attached hydrogens (tertiary/aromatic N) is 5. The first-order valence-corrected chi connectivity index (χ1v) is 9.15. The van der Waals surface area contributed by atoms with Gasteiger partial charge in [-0.2, -0.15) is 0 Å². The summed E-state index contributed by atoms with van der Waals surface area (Å²) in [5.41, 5.74) is 5.52. The van der Waals surface area contributed by atoms with Crippen molar-refractivity contribution in [3.63, 3.8) is 0 Å². The first-order chi connectivity index (χ1) is 13.1. The van der Waals surface area contributed by atoms with Crippen LogP contribution in [0.4, 0.5) is 11.4 Å². The molecular formula is C22H23N5. The van der Waals surface area contributed by atoms with Crippen LogP contribution >= 0.6 is 0 Å². The lowest BCUT2D eigenvalue weighted by Crippen LogP contribution is -2.28. The highest BCUT2D eigenvalue weighted by atomic mass is 15.2. The van der Waals surface area contributed by atoms with Crippen LogP contribution in [0.25, 0.3) is 5.69 Å². The predicted octanol–water partition coefficient (Wildman–Crippen LogP) is 4.48. The lowest BCUT2D eigenvalue weighted by atomic mass is 10.1. The average Bonchev–Trinajstić information content (AvgIpc) is 3.29. The summed E-state index contributed by atoms with van der Waals surface area (Å²) in [6, 6.07) is 15.0. The molecule has 0 bridgehead atoms. The largest absolute Gasteiger partial charge is 0.328 e. The van der Waals surface area contributed by atoms with Crippen LogP contribution in [-0.2, 0) is 0 Å². The summed E-state index contributed by atoms with van der Waals surface area (Å²) in [4.78, 5) is 15.5. The van der Waals surface area contributed by atoms with Gasteiger partial charge in [-0.1, -0.05) is 12.1 Å². The maximum atomic E-state index is 4.64. The molecule has 2 heterocycles. The highest BCUT2D eigenvalue weighted by Crippen LogP contribution is 2.27. The molecule has 0 aliphatic carbocycles. The van der Waals surface area contributed by atoms with Gasteiger partial charge < -0.3 is 9.47 Å². The Morgan fingerprint density at radius 3 is 2.56 bits per heavy atom. The summed E-state index contributed by atoms with van der Waals surface area (Å²) < 4.78 is 2.06. The second kappa shape index (κ2) is 7.19. The summed E-state index contributed by atoms with van der Waals surface area (Å²) in [5.74, 6) is 0.976. The molecule has 0 spiro atoms. The van der Waals surface area contributed by atoms with Crippen molar-refractivity contribution in [2.45, 2.75) is 26.8 Å². The molecule has 1 unspecified atom stereocenters. The van der Waals surface area contributed by atoms with Crippen molar-refractivity contribution < 1.29 is 0 Å². The molecule has 136 valence electrons. The van der Waals surface area contributed by atoms with Crippen molar-refractivity contribution in [3.05, 3.63) is 71.8 Å². The number of anilines is 1. The Kier molecular flexibility index (Phi) is 4.59. The van der Waals surface area contributed by atoms with Crippen molar-refractivity contribution in [3.8, 4) is 5.69 Å². The molecule has 2 aromatic carbocycles. The maximum absolute atomic E-state index is 4.64. The molecule has 1 aliphatic rings. The van der Waals surface area contributed by atoms with Crippen LogP contribution in [0.15, 0.2) is 64.8 Å². The fourth-order valence-electron chi connectivity index (χ4n) is 3.32. The number of aliphatic imine (C=N–C) groups is 2. The normalized spacial score (nSPS) is 16.6. The molecule has 0 fully saturated rings. The van der Waals surface area contributed by atoms with Crippen LogP contribution in [0.1, 0.15) is 23.9 Å². The molecule has 1 atom stereocenters. The highest BCUT2D eigenvalue weighted by Gasteiger charge is 2.18. The van der Waals surface area contributed by atoms with Gasteiger partial charge >= 0.3 is 0 Å². The first-order valence-electron chi connectivity index (χ1n) is 9.15. The third-order valence-electron chi connectivity index (χ3n) is 4.87. The molecule has 1 aromatic heterocycles. The van der Waals surface area contributed by atoms with E-state index in [0.717, 1.165) is 29.3 Å². The Hall–Kier alpha value is -3.21. The van der Waals surface area contributed by atoms with Gasteiger partial charge in [0.05, 0.1) is 24.6 Å². The average molecular weight is 357 g/mol. The van der Waals surface area contributed by atoms with Gasteiger partial charge in [-0.15, -0.1) is 0 Å². The van der Waals surface area contributed by atoms with E-state index in [2.05, 4.69) is 80.7 Å². The minimum atomic E-state index is 0.413. The van der Waals surface area contributed by atoms with Crippen LogP contribution in [-0.4, -0.2) is 34.7 Å². The van der Waals surface area contributed by atoms with E-state index in [0.29, 0.717) is 6.04 Å². The summed E-state index contributed by atoms with van der Waals surface area (Å²) in [5, 5.41) is 0. The molecular weight excluding hydrogens is 334 g/mol. The number of benzene rings is 2. The van der Waals surface area contributed by atoms with E-state index in [1.54, 1.807) is 0 Å². The van der Waals surface area contributed by atoms with Crippen molar-refractivity contribution in [2.24, 2.45) is 9.98 Å². The fourth-order valence-corrected chi connectivity index (χ4v) is 3.32. The number of imidazole rings is 1. The Labute approximate surface area is 159 Å². The van der Waals surface area contributed by atoms with E-state index in [4.69, 9.17) is 0 Å². The summed E-state index contributed by atoms with van der Waals surface area (Å²) in [6.07, 6.45) is 7.61. The summed E-state index contributed by atoms with van der Waals surface area (Å²) in [7, 11) is 0. The van der Waals surface area contributed by atoms with E-state index in [1.165, 1.54) is 11.3 Å². The molecule has 0 N–H and O–H groups in total. The van der Waals surface area contributed by atoms with Crippen molar-refractivity contribution in [1.29, 1.82) is 0 Å². The molecule has 0 amide bonds. The number of hydrogen-bond donors (Lipinski definition) is 0. The first kappa shape index (κ1) is 17.2. The Morgan fingerprint density at radius 2 is 1.93 bits per heavy atom. The molecule has 0 saturated carbocycles. The Morgan fingerprint density at radius 1 is 1.11 bits per heavy atom. The molecule has 5 heteroatoms. The van der Waals surface area contributed by atoms with Crippen LogP contribution < -0.4 is 4.90 Å². The van der Waals surface area contributed by atoms with E-state index in [1.807, 2.05) is 31.9 Å². The predicted molar refractivity (Wildman–Crippen MR) is 112 cm³/mol. The SMILES string of the molecule is Cc1cc(/N=C/c2ccc(-n3ccnc3C)cc2)ccc1N1C=NCC1C. The Bertz CT molecular complexity index is 998. The lowest BCUT2D eigenvalue weighted by Gasteiger charge is -2.22. The minimum Gasteiger partial charge on any atom is -0.328 e. The van der Waals surface area contributed by atoms with Crippen LogP contribution in [0.2, 0.25) is 0 Å². The van der Waals surface area contributed by atoms with Crippen molar-refractivity contribution in [2.75, 3.05) is 11.4 Å². The number of rotatable bonds is 4. The number of hydrogen-bond acceptors (Lipinski definition) is 4. The van der Waals surface area contributed by atoms with Gasteiger partial charge in [0.15, 0.2) is 0 Å². The van der Waals surface area contributed by atoms with E-state index < -0.39 is 0 Å². The minimum absolute atomic E-state index is 0.413. The molecule has 1 aliphatic heterocycles. The summed E-state index contributed by atoms with van der Waals surface area (Å²) in [6.45, 7) is 7.16. The smallest absolute Gasteiger partial charge is 0.110 e. The lowest BCUT2D eigenvalue weighted by molar-refractivity contribution is 0.785. The van der Waals surface area contributed by atoms with E-state index >= 15 is 0 Å². The fraction of sp³-hybridized carbons (Fsp3) is 0.227. The second-order valence-corrected chi connectivity index (χ2v) is 6.90. The van der Waals surface area contributed by atoms with Gasteiger partial charge in [-0.25, -0.2) is 4.98 Å². The Balaban J connectivity index is 1.50. The van der Waals surface area contributed by atoms with Crippen LogP contribution in [0, 0.1) is 13.8 Å². The molecule has 27 heavy (non-hydrogen) atoms. The number of aromatic nitrogens is 2. The van der Waals surface area contributed by atoms with Crippen molar-refractivity contribution >= 4 is 23.9 Å². The summed E-state index contributed by atoms with van der Waals surface area (Å²) >= 11 is 0. The standard InChI is InChI=1S/C22H23N5/c1-16-12-20(6-9-22(16)27-15-23-13-17(27)2)25-14-19-4-7-21(8-5-19)26-11-10-24-18(26)3/h4-12,14-15,17H,13H2,1-3H3/b25-14+. The molecule has 3 aromatic rings. The van der Waals surface area contributed by atoms with Crippen molar-refractivity contribution in [1.82, 2.24) is 9.55 Å². The highest BCUT2D eigenvalue weighted by molar-refractivity contribution is 5.85. The van der Waals surface area contributed by atoms with Gasteiger partial charge in [-0.3, -0.25) is 9.98 Å². The van der Waals surface area contributed by atoms with Gasteiger partial charge in [0.2, 0.25) is 0 Å². The molecule has 4 rings (SSSR count). The second-order valence-electron chi connectivity index (χ2n) is 6.90. The zero-order valence-corrected chi connectivity index (χ0v) is 15.9. The number of aryl methyl sites for hydroxylation is 2. The van der Waals surface area contributed by atoms with Crippen LogP contribution in [0.3, 0.4) is 0 Å². The quantitative estimate of drug-likeness (QED) is 0.647. The zero-order chi connectivity index (χ0) is 18.8. The molecule has 0 radical (unpaired) electrons. The van der Waals surface area contributed by atoms with Gasteiger partial charge in [0, 0.05) is 30.0 Å². The van der Waals surface area contributed by atoms with Crippen LogP contribution in [0.5, 0.6) is 0 Å². The van der Waals surface area contributed by atoms with E-state index in [-0.39, 0.29) is 0 Å². The van der Waals surface area contributed by atoms with E-state index in [9.17, 15) is 0 Å². The molecule has 0 saturated heterocycles. The third kappa shape index (κ3) is 3.53. The third-order valence-corrected chi connectivity index (χ3v) is 4.87. The zero-order valence-electron chi connectivity index (χ0n) is 15.9. The van der Waals surface area contributed by atoms with Gasteiger partial charge in [0.1, 0.15) is 5.82 Å². The van der Waals surface area contributed by atoms with Gasteiger partial charge in [0.25, 0.3) is 0 Å². The maximum Gasteiger partial charge on any atom is 0.110 e. The topological polar surface area (TPSA) is 45.8 Å². The molecule has 5 nitrogen and oxygen atoms in total. The monoisotopic (exact) mass is 357 g/mol.